The van der Waals surface area contributed by atoms with Gasteiger partial charge in [-0.2, -0.15) is 11.8 Å². The Balaban J connectivity index is 1.41. The normalized spacial score (nSPS) is 23.5. The Hall–Kier alpha value is -2.43. The van der Waals surface area contributed by atoms with E-state index in [9.17, 15) is 10.2 Å². The molecule has 2 N–H and O–H groups in total. The fraction of sp³-hybridized carbons (Fsp3) is 0.673. The van der Waals surface area contributed by atoms with Gasteiger partial charge in [-0.15, -0.1) is 18.3 Å². The van der Waals surface area contributed by atoms with Crippen LogP contribution < -0.4 is 9.47 Å². The lowest BCUT2D eigenvalue weighted by atomic mass is 9.56. The maximum Gasteiger partial charge on any atom is 0.230 e. The van der Waals surface area contributed by atoms with Crippen LogP contribution in [0.1, 0.15) is 160 Å². The van der Waals surface area contributed by atoms with Gasteiger partial charge in [0.05, 0.1) is 23.5 Å². The number of hydrogen-bond acceptors (Lipinski definition) is 9. The van der Waals surface area contributed by atoms with E-state index < -0.39 is 5.79 Å². The van der Waals surface area contributed by atoms with Crippen LogP contribution in [0.5, 0.6) is 17.2 Å². The lowest BCUT2D eigenvalue weighted by molar-refractivity contribution is -0.223. The number of fused-ring (bicyclic) bond motifs is 2. The van der Waals surface area contributed by atoms with E-state index in [4.69, 9.17) is 24.2 Å². The molecule has 5 rings (SSSR count). The highest BCUT2D eigenvalue weighted by molar-refractivity contribution is 8.00. The number of ether oxygens (including phenoxy) is 3. The number of thioether (sulfide) groups is 2. The summed E-state index contributed by atoms with van der Waals surface area (Å²) in [5, 5.41) is 24.6. The van der Waals surface area contributed by atoms with Crippen molar-refractivity contribution in [3.05, 3.63) is 72.3 Å². The minimum atomic E-state index is -0.940. The van der Waals surface area contributed by atoms with E-state index in [1.54, 1.807) is 11.8 Å². The van der Waals surface area contributed by atoms with Crippen molar-refractivity contribution in [1.82, 2.24) is 0 Å². The molecule has 0 saturated heterocycles. The molecule has 1 fully saturated rings. The van der Waals surface area contributed by atoms with Crippen LogP contribution in [0.3, 0.4) is 0 Å². The Morgan fingerprint density at radius 2 is 1.44 bits per heavy atom. The SMILES string of the molecule is C=CCOC12Oc3ccc(Oc4ccc(SC)cc4)cc3C3C(CCCCO)C(CCCCO)C=C(C(=NOCC)CC1SCCCCCCCCCCCCCCCC)C32. The third kappa shape index (κ3) is 14.3. The summed E-state index contributed by atoms with van der Waals surface area (Å²) in [4.78, 5) is 7.10. The van der Waals surface area contributed by atoms with Gasteiger partial charge in [0.15, 0.2) is 0 Å². The third-order valence-electron chi connectivity index (χ3n) is 13.0. The number of aliphatic hydroxyl groups is 2. The molecule has 2 aromatic carbocycles. The highest BCUT2D eigenvalue weighted by atomic mass is 32.2. The average molecular weight is 878 g/mol. The third-order valence-corrected chi connectivity index (χ3v) is 15.2. The summed E-state index contributed by atoms with van der Waals surface area (Å²) in [6.07, 6.45) is 31.3. The summed E-state index contributed by atoms with van der Waals surface area (Å²) in [6.45, 7) is 9.63. The van der Waals surface area contributed by atoms with E-state index in [1.165, 1.54) is 93.9 Å². The molecule has 0 bridgehead atoms. The minimum absolute atomic E-state index is 0.0127. The molecular weight excluding hydrogens is 799 g/mol. The average Bonchev–Trinajstić information content (AvgIpc) is 3.28. The second-order valence-corrected chi connectivity index (χ2v) is 19.6. The molecule has 0 aromatic heterocycles. The Morgan fingerprint density at radius 1 is 0.803 bits per heavy atom. The molecule has 1 heterocycles. The number of nitrogens with zero attached hydrogens (tertiary/aromatic N) is 1. The van der Waals surface area contributed by atoms with Crippen molar-refractivity contribution in [2.75, 3.05) is 38.4 Å². The Labute approximate surface area is 378 Å². The number of hydrogen-bond donors (Lipinski definition) is 2. The highest BCUT2D eigenvalue weighted by Gasteiger charge is 2.64. The molecular formula is C52H79NO6S2. The first-order valence-corrected chi connectivity index (χ1v) is 26.4. The zero-order chi connectivity index (χ0) is 43.1. The number of benzene rings is 2. The fourth-order valence-electron chi connectivity index (χ4n) is 9.98. The first-order chi connectivity index (χ1) is 30.0. The minimum Gasteiger partial charge on any atom is -0.460 e. The first-order valence-electron chi connectivity index (χ1n) is 24.2. The predicted octanol–water partition coefficient (Wildman–Crippen LogP) is 14.1. The molecule has 2 aromatic rings. The van der Waals surface area contributed by atoms with Crippen molar-refractivity contribution in [1.29, 1.82) is 0 Å². The van der Waals surface area contributed by atoms with Gasteiger partial charge >= 0.3 is 0 Å². The summed E-state index contributed by atoms with van der Waals surface area (Å²) in [5.41, 5.74) is 3.32. The summed E-state index contributed by atoms with van der Waals surface area (Å²) in [5.74, 6) is 2.94. The topological polar surface area (TPSA) is 89.7 Å². The Morgan fingerprint density at radius 3 is 2.07 bits per heavy atom. The summed E-state index contributed by atoms with van der Waals surface area (Å²) < 4.78 is 21.0. The number of oxime groups is 1. The van der Waals surface area contributed by atoms with Gasteiger partial charge in [0, 0.05) is 36.0 Å². The van der Waals surface area contributed by atoms with E-state index in [0.717, 1.165) is 79.2 Å². The van der Waals surface area contributed by atoms with E-state index in [0.29, 0.717) is 19.6 Å². The van der Waals surface area contributed by atoms with Crippen LogP contribution in [0.25, 0.3) is 0 Å². The lowest BCUT2D eigenvalue weighted by Crippen LogP contribution is -2.64. The van der Waals surface area contributed by atoms with Crippen LogP contribution in [0.4, 0.5) is 0 Å². The molecule has 6 unspecified atom stereocenters. The van der Waals surface area contributed by atoms with Gasteiger partial charge < -0.3 is 29.3 Å². The zero-order valence-electron chi connectivity index (χ0n) is 38.0. The molecule has 6 atom stereocenters. The van der Waals surface area contributed by atoms with Crippen molar-refractivity contribution >= 4 is 29.2 Å². The van der Waals surface area contributed by atoms with Crippen LogP contribution >= 0.6 is 23.5 Å². The first kappa shape index (κ1) is 49.6. The van der Waals surface area contributed by atoms with Gasteiger partial charge in [-0.05, 0) is 111 Å². The summed E-state index contributed by atoms with van der Waals surface area (Å²) >= 11 is 3.70. The zero-order valence-corrected chi connectivity index (χ0v) is 39.6. The van der Waals surface area contributed by atoms with Crippen LogP contribution in [-0.2, 0) is 9.57 Å². The van der Waals surface area contributed by atoms with Gasteiger partial charge in [-0.1, -0.05) is 121 Å². The van der Waals surface area contributed by atoms with Crippen LogP contribution in [0, 0.1) is 17.8 Å². The molecule has 3 aliphatic rings. The Kier molecular flexibility index (Phi) is 22.5. The summed E-state index contributed by atoms with van der Waals surface area (Å²) in [6, 6.07) is 14.6. The number of aliphatic hydroxyl groups excluding tert-OH is 2. The number of unbranched alkanes of at least 4 members (excludes halogenated alkanes) is 15. The fourth-order valence-corrected chi connectivity index (χ4v) is 11.8. The monoisotopic (exact) mass is 878 g/mol. The smallest absolute Gasteiger partial charge is 0.230 e. The van der Waals surface area contributed by atoms with Crippen molar-refractivity contribution in [2.24, 2.45) is 22.9 Å². The van der Waals surface area contributed by atoms with E-state index >= 15 is 0 Å². The molecule has 7 nitrogen and oxygen atoms in total. The van der Waals surface area contributed by atoms with Gasteiger partial charge in [-0.3, -0.25) is 0 Å². The van der Waals surface area contributed by atoms with Gasteiger partial charge in [0.25, 0.3) is 0 Å². The van der Waals surface area contributed by atoms with Gasteiger partial charge in [-0.25, -0.2) is 0 Å². The number of rotatable bonds is 32. The van der Waals surface area contributed by atoms with E-state index in [-0.39, 0.29) is 42.1 Å². The van der Waals surface area contributed by atoms with E-state index in [1.807, 2.05) is 43.0 Å². The second-order valence-electron chi connectivity index (χ2n) is 17.4. The van der Waals surface area contributed by atoms with Crippen molar-refractivity contribution < 1.29 is 29.3 Å². The highest BCUT2D eigenvalue weighted by Crippen LogP contribution is 2.62. The Bertz CT molecular complexity index is 1620. The van der Waals surface area contributed by atoms with Crippen molar-refractivity contribution in [3.63, 3.8) is 0 Å². The predicted molar refractivity (Wildman–Crippen MR) is 258 cm³/mol. The molecule has 0 amide bonds. The van der Waals surface area contributed by atoms with Crippen LogP contribution in [0.15, 0.2) is 76.8 Å². The van der Waals surface area contributed by atoms with E-state index in [2.05, 4.69) is 50.1 Å². The van der Waals surface area contributed by atoms with Crippen LogP contribution in [-0.4, -0.2) is 65.4 Å². The summed E-state index contributed by atoms with van der Waals surface area (Å²) in [7, 11) is 0. The molecule has 0 spiro atoms. The maximum absolute atomic E-state index is 9.95. The largest absolute Gasteiger partial charge is 0.460 e. The maximum atomic E-state index is 9.95. The molecule has 340 valence electrons. The molecule has 0 radical (unpaired) electrons. The van der Waals surface area contributed by atoms with Crippen LogP contribution in [0.2, 0.25) is 0 Å². The number of allylic oxidation sites excluding steroid dienone is 1. The lowest BCUT2D eigenvalue weighted by Gasteiger charge is -2.58. The molecule has 9 heteroatoms. The standard InChI is InChI=1S/C52H79NO6S2/c1-5-8-9-10-11-12-13-14-15-16-17-18-19-24-36-61-49-39-47(53-57-7-3)45-37-40(25-20-22-33-54)44(26-21-23-34-55)50-46-38-42(58-41-27-30-43(60-4)31-28-41)29-32-48(46)59-52(49,51(45)50)56-35-6-2/h6,27-32,37-38,40,44,49-51,54-55H,2,5,7-26,33-36,39H2,1,3-4H3. The molecule has 1 saturated carbocycles. The van der Waals surface area contributed by atoms with Gasteiger partial charge in [0.1, 0.15) is 23.9 Å². The second kappa shape index (κ2) is 27.7. The van der Waals surface area contributed by atoms with Crippen molar-refractivity contribution in [3.8, 4) is 17.2 Å². The van der Waals surface area contributed by atoms with Crippen molar-refractivity contribution in [2.45, 2.75) is 171 Å². The molecule has 2 aliphatic carbocycles. The molecule has 61 heavy (non-hydrogen) atoms. The quantitative estimate of drug-likeness (QED) is 0.0325. The van der Waals surface area contributed by atoms with Gasteiger partial charge in [0.2, 0.25) is 5.79 Å². The molecule has 1 aliphatic heterocycles.